The van der Waals surface area contributed by atoms with Gasteiger partial charge in [-0.3, -0.25) is 4.90 Å². The van der Waals surface area contributed by atoms with Gasteiger partial charge in [-0.2, -0.15) is 5.10 Å². The molecule has 7 nitrogen and oxygen atoms in total. The van der Waals surface area contributed by atoms with Gasteiger partial charge in [-0.1, -0.05) is 11.6 Å². The third-order valence-electron chi connectivity index (χ3n) is 4.49. The molecule has 1 atom stereocenters. The van der Waals surface area contributed by atoms with Gasteiger partial charge in [0.15, 0.2) is 5.82 Å². The minimum Gasteiger partial charge on any atom is -0.313 e. The Morgan fingerprint density at radius 1 is 1.21 bits per heavy atom. The largest absolute Gasteiger partial charge is 0.313 e. The SMILES string of the molecule is Cn1c(CN2CCC(n3cncn3)C2)nnc1-c1ccc(Cl)cc1. The van der Waals surface area contributed by atoms with Gasteiger partial charge in [0.1, 0.15) is 18.5 Å². The summed E-state index contributed by atoms with van der Waals surface area (Å²) in [7, 11) is 2.00. The van der Waals surface area contributed by atoms with Crippen LogP contribution < -0.4 is 0 Å². The van der Waals surface area contributed by atoms with Crippen LogP contribution in [-0.4, -0.2) is 47.5 Å². The lowest BCUT2D eigenvalue weighted by Gasteiger charge is -2.15. The van der Waals surface area contributed by atoms with E-state index >= 15 is 0 Å². The van der Waals surface area contributed by atoms with Crippen molar-refractivity contribution in [2.24, 2.45) is 7.05 Å². The molecule has 0 spiro atoms. The Hall–Kier alpha value is -2.25. The van der Waals surface area contributed by atoms with Crippen molar-refractivity contribution in [1.29, 1.82) is 0 Å². The molecule has 1 unspecified atom stereocenters. The lowest BCUT2D eigenvalue weighted by Crippen LogP contribution is -2.23. The number of nitrogens with zero attached hydrogens (tertiary/aromatic N) is 7. The van der Waals surface area contributed by atoms with E-state index in [1.54, 1.807) is 12.7 Å². The molecule has 1 aliphatic rings. The molecule has 24 heavy (non-hydrogen) atoms. The van der Waals surface area contributed by atoms with E-state index in [2.05, 4.69) is 25.2 Å². The molecule has 3 heterocycles. The van der Waals surface area contributed by atoms with Crippen molar-refractivity contribution in [2.75, 3.05) is 13.1 Å². The quantitative estimate of drug-likeness (QED) is 0.726. The summed E-state index contributed by atoms with van der Waals surface area (Å²) in [6.45, 7) is 2.75. The predicted octanol–water partition coefficient (Wildman–Crippen LogP) is 2.17. The lowest BCUT2D eigenvalue weighted by molar-refractivity contribution is 0.300. The molecule has 124 valence electrons. The summed E-state index contributed by atoms with van der Waals surface area (Å²) in [5.74, 6) is 1.81. The molecule has 1 saturated heterocycles. The van der Waals surface area contributed by atoms with Gasteiger partial charge >= 0.3 is 0 Å². The third-order valence-corrected chi connectivity index (χ3v) is 4.74. The smallest absolute Gasteiger partial charge is 0.163 e. The predicted molar refractivity (Wildman–Crippen MR) is 90.4 cm³/mol. The first-order valence-electron chi connectivity index (χ1n) is 7.91. The van der Waals surface area contributed by atoms with Crippen molar-refractivity contribution in [3.8, 4) is 11.4 Å². The number of aromatic nitrogens is 6. The van der Waals surface area contributed by atoms with Gasteiger partial charge in [0.2, 0.25) is 0 Å². The summed E-state index contributed by atoms with van der Waals surface area (Å²) in [6, 6.07) is 8.05. The molecule has 1 aromatic carbocycles. The maximum Gasteiger partial charge on any atom is 0.163 e. The maximum absolute atomic E-state index is 5.95. The van der Waals surface area contributed by atoms with Crippen LogP contribution in [0.4, 0.5) is 0 Å². The third kappa shape index (κ3) is 2.92. The van der Waals surface area contributed by atoms with Gasteiger partial charge in [-0.05, 0) is 30.7 Å². The van der Waals surface area contributed by atoms with Crippen LogP contribution in [0, 0.1) is 0 Å². The summed E-state index contributed by atoms with van der Waals surface area (Å²) in [5, 5.41) is 13.7. The Labute approximate surface area is 144 Å². The number of benzene rings is 1. The van der Waals surface area contributed by atoms with E-state index in [-0.39, 0.29) is 0 Å². The summed E-state index contributed by atoms with van der Waals surface area (Å²) < 4.78 is 3.99. The molecule has 0 aliphatic carbocycles. The Bertz CT molecular complexity index is 810. The highest BCUT2D eigenvalue weighted by Gasteiger charge is 2.25. The fraction of sp³-hybridized carbons (Fsp3) is 0.375. The molecule has 0 N–H and O–H groups in total. The molecule has 2 aromatic heterocycles. The average molecular weight is 344 g/mol. The molecule has 4 rings (SSSR count). The maximum atomic E-state index is 5.95. The first-order chi connectivity index (χ1) is 11.7. The van der Waals surface area contributed by atoms with Crippen molar-refractivity contribution in [3.05, 3.63) is 47.8 Å². The Morgan fingerprint density at radius 3 is 2.79 bits per heavy atom. The molecule has 0 bridgehead atoms. The van der Waals surface area contributed by atoms with Gasteiger partial charge in [0.05, 0.1) is 12.6 Å². The second-order valence-corrected chi connectivity index (χ2v) is 6.50. The molecule has 8 heteroatoms. The number of halogens is 1. The fourth-order valence-electron chi connectivity index (χ4n) is 3.13. The van der Waals surface area contributed by atoms with Crippen LogP contribution >= 0.6 is 11.6 Å². The molecule has 3 aromatic rings. The van der Waals surface area contributed by atoms with E-state index in [0.29, 0.717) is 6.04 Å². The standard InChI is InChI=1S/C16H18ClN7/c1-22-15(20-21-16(22)12-2-4-13(17)5-3-12)9-23-7-6-14(8-23)24-11-18-10-19-24/h2-5,10-11,14H,6-9H2,1H3. The second kappa shape index (κ2) is 6.33. The topological polar surface area (TPSA) is 64.7 Å². The normalized spacial score (nSPS) is 18.3. The van der Waals surface area contributed by atoms with Crippen molar-refractivity contribution >= 4 is 11.6 Å². The average Bonchev–Trinajstić information content (AvgIpc) is 3.31. The van der Waals surface area contributed by atoms with Crippen molar-refractivity contribution in [3.63, 3.8) is 0 Å². The Balaban J connectivity index is 1.47. The molecule has 0 radical (unpaired) electrons. The van der Waals surface area contributed by atoms with Gasteiger partial charge in [0, 0.05) is 30.7 Å². The second-order valence-electron chi connectivity index (χ2n) is 6.06. The first-order valence-corrected chi connectivity index (χ1v) is 8.29. The Kier molecular flexibility index (Phi) is 4.03. The van der Waals surface area contributed by atoms with Gasteiger partial charge in [-0.15, -0.1) is 10.2 Å². The minimum atomic E-state index is 0.386. The highest BCUT2D eigenvalue weighted by Crippen LogP contribution is 2.23. The number of likely N-dealkylation sites (tertiary alicyclic amines) is 1. The number of hydrogen-bond acceptors (Lipinski definition) is 5. The summed E-state index contributed by atoms with van der Waals surface area (Å²) in [6.07, 6.45) is 4.45. The lowest BCUT2D eigenvalue weighted by atomic mass is 10.2. The zero-order valence-electron chi connectivity index (χ0n) is 13.4. The number of rotatable bonds is 4. The van der Waals surface area contributed by atoms with Crippen LogP contribution in [0.3, 0.4) is 0 Å². The van der Waals surface area contributed by atoms with Crippen LogP contribution in [0.2, 0.25) is 5.02 Å². The summed E-state index contributed by atoms with van der Waals surface area (Å²) in [5.41, 5.74) is 1.02. The summed E-state index contributed by atoms with van der Waals surface area (Å²) >= 11 is 5.95. The van der Waals surface area contributed by atoms with E-state index in [0.717, 1.165) is 48.3 Å². The van der Waals surface area contributed by atoms with Gasteiger partial charge in [0.25, 0.3) is 0 Å². The number of hydrogen-bond donors (Lipinski definition) is 0. The van der Waals surface area contributed by atoms with Crippen LogP contribution in [-0.2, 0) is 13.6 Å². The van der Waals surface area contributed by atoms with Crippen LogP contribution in [0.1, 0.15) is 18.3 Å². The van der Waals surface area contributed by atoms with Crippen molar-refractivity contribution < 1.29 is 0 Å². The Morgan fingerprint density at radius 2 is 2.04 bits per heavy atom. The molecular formula is C16H18ClN7. The minimum absolute atomic E-state index is 0.386. The van der Waals surface area contributed by atoms with Crippen LogP contribution in [0.15, 0.2) is 36.9 Å². The molecule has 1 fully saturated rings. The van der Waals surface area contributed by atoms with Gasteiger partial charge in [-0.25, -0.2) is 9.67 Å². The molecule has 0 amide bonds. The molecular weight excluding hydrogens is 326 g/mol. The highest BCUT2D eigenvalue weighted by molar-refractivity contribution is 6.30. The van der Waals surface area contributed by atoms with E-state index < -0.39 is 0 Å². The zero-order valence-corrected chi connectivity index (χ0v) is 14.1. The van der Waals surface area contributed by atoms with E-state index in [4.69, 9.17) is 11.6 Å². The molecule has 0 saturated carbocycles. The van der Waals surface area contributed by atoms with Crippen LogP contribution in [0.5, 0.6) is 0 Å². The van der Waals surface area contributed by atoms with E-state index in [1.807, 2.05) is 40.6 Å². The van der Waals surface area contributed by atoms with Crippen molar-refractivity contribution in [1.82, 2.24) is 34.4 Å². The van der Waals surface area contributed by atoms with Crippen LogP contribution in [0.25, 0.3) is 11.4 Å². The van der Waals surface area contributed by atoms with E-state index in [1.165, 1.54) is 0 Å². The summed E-state index contributed by atoms with van der Waals surface area (Å²) in [4.78, 5) is 6.41. The van der Waals surface area contributed by atoms with Crippen molar-refractivity contribution in [2.45, 2.75) is 19.0 Å². The fourth-order valence-corrected chi connectivity index (χ4v) is 3.25. The highest BCUT2D eigenvalue weighted by atomic mass is 35.5. The first kappa shape index (κ1) is 15.3. The van der Waals surface area contributed by atoms with E-state index in [9.17, 15) is 0 Å². The molecule has 1 aliphatic heterocycles. The zero-order chi connectivity index (χ0) is 16.5. The monoisotopic (exact) mass is 343 g/mol. The van der Waals surface area contributed by atoms with Gasteiger partial charge < -0.3 is 4.57 Å².